The smallest absolute Gasteiger partial charge is 0.407 e. The number of hydrogen-bond donors (Lipinski definition) is 10. The van der Waals surface area contributed by atoms with Crippen LogP contribution in [0, 0.1) is 21.7 Å². The molecule has 6 aromatic rings. The molecule has 0 radical (unpaired) electrons. The molecule has 8 amide bonds. The number of carbonyl (C=O) groups excluding carboxylic acids is 8. The maximum Gasteiger partial charge on any atom is 0.407 e. The van der Waals surface area contributed by atoms with E-state index in [4.69, 9.17) is 18.9 Å². The SMILES string of the molecule is COC(=O)N[C@H](C(=O)N[C@@H](Cc1ccccc1)[C@@H](O)CN(Cc1ccc(-c2ccccn2)cc1)NC(=O)[C@@H](NC(=O)OC)C(C)(C)C)C(C)(C)C.COC(=O)N[C@H](C(=O)N[C@@H](Cc1ccccc1)[C@@H](O)CN(Cc1ccc(-c2ccccn2)cc1)NC(=O)[C@@H](NC(=O)OC)C(C)(C)C)C(C)(C)C. The first kappa shape index (κ1) is 82.6. The quantitative estimate of drug-likeness (QED) is 0.0163. The molecule has 2 aromatic heterocycles. The second kappa shape index (κ2) is 38.7. The molecule has 8 atom stereocenters. The summed E-state index contributed by atoms with van der Waals surface area (Å²) in [6.45, 7) is 21.8. The Labute approximate surface area is 599 Å². The third-order valence-corrected chi connectivity index (χ3v) is 16.4. The number of aromatic nitrogens is 2. The minimum absolute atomic E-state index is 0.120. The van der Waals surface area contributed by atoms with Crippen LogP contribution in [0.25, 0.3) is 22.5 Å². The van der Waals surface area contributed by atoms with Crippen LogP contribution in [-0.2, 0) is 64.1 Å². The van der Waals surface area contributed by atoms with Gasteiger partial charge in [0.05, 0.1) is 64.1 Å². The second-order valence-corrected chi connectivity index (χ2v) is 29.0. The number of pyridine rings is 2. The highest BCUT2D eigenvalue weighted by Crippen LogP contribution is 2.26. The van der Waals surface area contributed by atoms with E-state index >= 15 is 0 Å². The molecule has 2 heterocycles. The third kappa shape index (κ3) is 27.2. The number of alkyl carbamates (subject to hydrolysis) is 4. The summed E-state index contributed by atoms with van der Waals surface area (Å²) in [6.07, 6.45) is -1.56. The number of carbonyl (C=O) groups is 8. The lowest BCUT2D eigenvalue weighted by Crippen LogP contribution is -2.60. The van der Waals surface area contributed by atoms with Crippen molar-refractivity contribution in [2.24, 2.45) is 21.7 Å². The van der Waals surface area contributed by atoms with Crippen LogP contribution < -0.4 is 42.8 Å². The molecule has 26 heteroatoms. The normalized spacial score (nSPS) is 14.0. The van der Waals surface area contributed by atoms with Gasteiger partial charge < -0.3 is 61.1 Å². The van der Waals surface area contributed by atoms with Gasteiger partial charge in [-0.15, -0.1) is 0 Å². The van der Waals surface area contributed by atoms with E-state index in [9.17, 15) is 48.6 Å². The van der Waals surface area contributed by atoms with E-state index in [1.165, 1.54) is 28.4 Å². The molecular weight excluding hydrogens is 1300 g/mol. The molecule has 0 saturated carbocycles. The number of nitrogens with zero attached hydrogens (tertiary/aromatic N) is 4. The monoisotopic (exact) mass is 1410 g/mol. The van der Waals surface area contributed by atoms with Crippen molar-refractivity contribution < 1.29 is 67.5 Å². The lowest BCUT2D eigenvalue weighted by atomic mass is 9.85. The Morgan fingerprint density at radius 2 is 0.637 bits per heavy atom. The Morgan fingerprint density at radius 1 is 0.363 bits per heavy atom. The molecule has 0 unspecified atom stereocenters. The van der Waals surface area contributed by atoms with Crippen LogP contribution in [0.1, 0.15) is 105 Å². The molecule has 4 aromatic carbocycles. The van der Waals surface area contributed by atoms with Crippen LogP contribution >= 0.6 is 0 Å². The van der Waals surface area contributed by atoms with E-state index in [-0.39, 0.29) is 39.0 Å². The number of hydrogen-bond acceptors (Lipinski definition) is 18. The van der Waals surface area contributed by atoms with E-state index in [1.807, 2.05) is 187 Å². The van der Waals surface area contributed by atoms with E-state index in [0.717, 1.165) is 44.8 Å². The fourth-order valence-electron chi connectivity index (χ4n) is 10.8. The summed E-state index contributed by atoms with van der Waals surface area (Å²) in [7, 11) is 4.87. The summed E-state index contributed by atoms with van der Waals surface area (Å²) < 4.78 is 19.1. The Kier molecular flexibility index (Phi) is 31.3. The van der Waals surface area contributed by atoms with Crippen molar-refractivity contribution in [3.63, 3.8) is 0 Å². The number of benzene rings is 4. The first-order chi connectivity index (χ1) is 48.0. The topological polar surface area (TPSA) is 342 Å². The number of hydrazine groups is 2. The average molecular weight is 1410 g/mol. The highest BCUT2D eigenvalue weighted by atomic mass is 16.5. The Bertz CT molecular complexity index is 3390. The molecule has 0 aliphatic heterocycles. The van der Waals surface area contributed by atoms with Gasteiger partial charge in [0.1, 0.15) is 24.2 Å². The van der Waals surface area contributed by atoms with E-state index in [2.05, 4.69) is 52.7 Å². The Hall–Kier alpha value is -10.0. The summed E-state index contributed by atoms with van der Waals surface area (Å²) >= 11 is 0. The van der Waals surface area contributed by atoms with Crippen LogP contribution in [-0.4, -0.2) is 168 Å². The van der Waals surface area contributed by atoms with Crippen molar-refractivity contribution in [2.45, 2.75) is 157 Å². The number of aliphatic hydroxyl groups excluding tert-OH is 2. The van der Waals surface area contributed by atoms with Gasteiger partial charge in [-0.25, -0.2) is 29.2 Å². The molecule has 0 fully saturated rings. The number of amides is 8. The van der Waals surface area contributed by atoms with Crippen LogP contribution in [0.3, 0.4) is 0 Å². The largest absolute Gasteiger partial charge is 0.453 e. The number of ether oxygens (including phenoxy) is 4. The maximum absolute atomic E-state index is 13.8. The standard InChI is InChI=1S/2C38H52N6O7/c2*1-37(2,3)31(41-35(48)50-7)33(46)40-29(22-25-14-10-9-11-15-25)30(45)24-44(43-34(47)32(38(4,5)6)42-36(49)51-8)23-26-17-19-27(20-18-26)28-16-12-13-21-39-28/h2*9-21,29-32,45H,22-24H2,1-8H3,(H,40,46)(H,41,48)(H,42,49)(H,43,47)/t2*29-,30-,31+,32+/m00/s1. The highest BCUT2D eigenvalue weighted by molar-refractivity contribution is 5.88. The molecule has 10 N–H and O–H groups in total. The summed E-state index contributed by atoms with van der Waals surface area (Å²) in [5.74, 6) is -2.07. The van der Waals surface area contributed by atoms with Crippen molar-refractivity contribution in [1.82, 2.24) is 62.7 Å². The van der Waals surface area contributed by atoms with Gasteiger partial charge >= 0.3 is 24.4 Å². The highest BCUT2D eigenvalue weighted by Gasteiger charge is 2.40. The van der Waals surface area contributed by atoms with Crippen LogP contribution in [0.15, 0.2) is 158 Å². The minimum atomic E-state index is -1.22. The van der Waals surface area contributed by atoms with Gasteiger partial charge in [-0.2, -0.15) is 0 Å². The van der Waals surface area contributed by atoms with Gasteiger partial charge in [-0.05, 0) is 81.0 Å². The molecular formula is C76H104N12O14. The fraction of sp³-hybridized carbons (Fsp3) is 0.447. The number of rotatable bonds is 28. The minimum Gasteiger partial charge on any atom is -0.453 e. The van der Waals surface area contributed by atoms with Crippen molar-refractivity contribution in [3.8, 4) is 22.5 Å². The first-order valence-electron chi connectivity index (χ1n) is 33.6. The van der Waals surface area contributed by atoms with Crippen molar-refractivity contribution >= 4 is 48.0 Å². The van der Waals surface area contributed by atoms with Gasteiger partial charge in [-0.1, -0.05) is 204 Å². The zero-order valence-electron chi connectivity index (χ0n) is 61.5. The van der Waals surface area contributed by atoms with Gasteiger partial charge in [0.25, 0.3) is 11.8 Å². The number of methoxy groups -OCH3 is 4. The van der Waals surface area contributed by atoms with Crippen molar-refractivity contribution in [3.05, 3.63) is 180 Å². The van der Waals surface area contributed by atoms with E-state index < -0.39 is 118 Å². The fourth-order valence-corrected chi connectivity index (χ4v) is 10.8. The molecule has 0 aliphatic rings. The summed E-state index contributed by atoms with van der Waals surface area (Å²) in [5.41, 5.74) is 9.75. The molecule has 0 spiro atoms. The summed E-state index contributed by atoms with van der Waals surface area (Å²) in [6, 6.07) is 39.7. The van der Waals surface area contributed by atoms with Crippen LogP contribution in [0.5, 0.6) is 0 Å². The lowest BCUT2D eigenvalue weighted by molar-refractivity contribution is -0.132. The molecule has 102 heavy (non-hydrogen) atoms. The Morgan fingerprint density at radius 3 is 0.892 bits per heavy atom. The predicted molar refractivity (Wildman–Crippen MR) is 388 cm³/mol. The molecule has 26 nitrogen and oxygen atoms in total. The molecule has 0 bridgehead atoms. The first-order valence-corrected chi connectivity index (χ1v) is 33.6. The maximum atomic E-state index is 13.8. The van der Waals surface area contributed by atoms with Gasteiger partial charge in [0.2, 0.25) is 11.8 Å². The van der Waals surface area contributed by atoms with Gasteiger partial charge in [0.15, 0.2) is 0 Å². The van der Waals surface area contributed by atoms with E-state index in [1.54, 1.807) is 64.0 Å². The molecule has 0 saturated heterocycles. The van der Waals surface area contributed by atoms with Crippen molar-refractivity contribution in [1.29, 1.82) is 0 Å². The van der Waals surface area contributed by atoms with Gasteiger partial charge in [-0.3, -0.25) is 40.0 Å². The van der Waals surface area contributed by atoms with E-state index in [0.29, 0.717) is 0 Å². The molecule has 552 valence electrons. The molecule has 6 rings (SSSR count). The van der Waals surface area contributed by atoms with Crippen LogP contribution in [0.2, 0.25) is 0 Å². The summed E-state index contributed by atoms with van der Waals surface area (Å²) in [4.78, 5) is 113. The number of nitrogens with one attached hydrogen (secondary N) is 8. The van der Waals surface area contributed by atoms with Crippen LogP contribution in [0.4, 0.5) is 19.2 Å². The summed E-state index contributed by atoms with van der Waals surface area (Å²) in [5, 5.41) is 43.1. The average Bonchev–Trinajstić information content (AvgIpc) is 0.845. The van der Waals surface area contributed by atoms with Gasteiger partial charge in [0, 0.05) is 49.7 Å². The number of aliphatic hydroxyl groups is 2. The lowest BCUT2D eigenvalue weighted by Gasteiger charge is -2.35. The third-order valence-electron chi connectivity index (χ3n) is 16.4. The Balaban J connectivity index is 0.000000367. The second-order valence-electron chi connectivity index (χ2n) is 29.0. The molecule has 0 aliphatic carbocycles. The van der Waals surface area contributed by atoms with Crippen molar-refractivity contribution in [2.75, 3.05) is 41.5 Å². The zero-order chi connectivity index (χ0) is 75.5. The zero-order valence-corrected chi connectivity index (χ0v) is 61.5. The predicted octanol–water partition coefficient (Wildman–Crippen LogP) is 8.42.